The number of carboxylic acids is 1. The van der Waals surface area contributed by atoms with E-state index in [1.165, 1.54) is 0 Å². The van der Waals surface area contributed by atoms with Gasteiger partial charge < -0.3 is 15.2 Å². The maximum atomic E-state index is 11.1. The smallest absolute Gasteiger partial charge is 0.320 e. The molecule has 5 nitrogen and oxygen atoms in total. The van der Waals surface area contributed by atoms with E-state index in [4.69, 9.17) is 9.84 Å². The molecular weight excluding hydrogens is 198 g/mol. The Morgan fingerprint density at radius 3 is 2.33 bits per heavy atom. The zero-order chi connectivity index (χ0) is 12.1. The molecule has 0 radical (unpaired) electrons. The molecule has 88 valence electrons. The van der Waals surface area contributed by atoms with E-state index in [0.717, 1.165) is 0 Å². The van der Waals surface area contributed by atoms with Crippen LogP contribution in [0, 0.1) is 0 Å². The molecule has 0 saturated heterocycles. The van der Waals surface area contributed by atoms with E-state index < -0.39 is 17.6 Å². The summed E-state index contributed by atoms with van der Waals surface area (Å²) in [4.78, 5) is 21.8. The first kappa shape index (κ1) is 13.9. The SMILES string of the molecule is CCC(=O)OC(C)(C)C[C@H](NC)C(=O)O. The molecule has 15 heavy (non-hydrogen) atoms. The highest BCUT2D eigenvalue weighted by Crippen LogP contribution is 2.17. The fraction of sp³-hybridized carbons (Fsp3) is 0.800. The third kappa shape index (κ3) is 5.37. The highest BCUT2D eigenvalue weighted by molar-refractivity contribution is 5.74. The van der Waals surface area contributed by atoms with Crippen molar-refractivity contribution in [1.82, 2.24) is 5.32 Å². The minimum absolute atomic E-state index is 0.241. The molecule has 5 heteroatoms. The molecule has 0 spiro atoms. The molecule has 0 aromatic rings. The van der Waals surface area contributed by atoms with Crippen molar-refractivity contribution in [3.8, 4) is 0 Å². The van der Waals surface area contributed by atoms with Gasteiger partial charge in [-0.1, -0.05) is 6.92 Å². The summed E-state index contributed by atoms with van der Waals surface area (Å²) in [6.07, 6.45) is 0.533. The van der Waals surface area contributed by atoms with Crippen molar-refractivity contribution in [1.29, 1.82) is 0 Å². The molecule has 2 N–H and O–H groups in total. The van der Waals surface area contributed by atoms with Crippen molar-refractivity contribution in [3.05, 3.63) is 0 Å². The highest BCUT2D eigenvalue weighted by Gasteiger charge is 2.29. The van der Waals surface area contributed by atoms with Gasteiger partial charge in [0.05, 0.1) is 0 Å². The molecule has 0 rings (SSSR count). The van der Waals surface area contributed by atoms with Crippen LogP contribution in [-0.2, 0) is 14.3 Å². The van der Waals surface area contributed by atoms with Crippen LogP contribution in [0.4, 0.5) is 0 Å². The van der Waals surface area contributed by atoms with Crippen LogP contribution in [0.15, 0.2) is 0 Å². The van der Waals surface area contributed by atoms with Gasteiger partial charge in [-0.3, -0.25) is 9.59 Å². The van der Waals surface area contributed by atoms with Crippen molar-refractivity contribution in [3.63, 3.8) is 0 Å². The van der Waals surface area contributed by atoms with Crippen molar-refractivity contribution < 1.29 is 19.4 Å². The lowest BCUT2D eigenvalue weighted by Crippen LogP contribution is -2.42. The highest BCUT2D eigenvalue weighted by atomic mass is 16.6. The van der Waals surface area contributed by atoms with E-state index in [0.29, 0.717) is 6.42 Å². The lowest BCUT2D eigenvalue weighted by Gasteiger charge is -2.27. The van der Waals surface area contributed by atoms with Gasteiger partial charge in [0.15, 0.2) is 0 Å². The van der Waals surface area contributed by atoms with Crippen LogP contribution in [-0.4, -0.2) is 35.7 Å². The number of esters is 1. The van der Waals surface area contributed by atoms with Gasteiger partial charge in [0, 0.05) is 12.8 Å². The van der Waals surface area contributed by atoms with Gasteiger partial charge in [-0.25, -0.2) is 0 Å². The van der Waals surface area contributed by atoms with Crippen molar-refractivity contribution >= 4 is 11.9 Å². The van der Waals surface area contributed by atoms with E-state index >= 15 is 0 Å². The standard InChI is InChI=1S/C10H19NO4/c1-5-8(12)15-10(2,3)6-7(11-4)9(13)14/h7,11H,5-6H2,1-4H3,(H,13,14)/t7-/m0/s1. The topological polar surface area (TPSA) is 75.6 Å². The van der Waals surface area contributed by atoms with Gasteiger partial charge in [-0.05, 0) is 20.9 Å². The number of aliphatic carboxylic acids is 1. The molecule has 0 unspecified atom stereocenters. The fourth-order valence-corrected chi connectivity index (χ4v) is 1.23. The summed E-state index contributed by atoms with van der Waals surface area (Å²) in [5.74, 6) is -1.27. The van der Waals surface area contributed by atoms with Gasteiger partial charge in [0.25, 0.3) is 0 Å². The Morgan fingerprint density at radius 2 is 2.00 bits per heavy atom. The van der Waals surface area contributed by atoms with Crippen LogP contribution in [0.3, 0.4) is 0 Å². The predicted molar refractivity (Wildman–Crippen MR) is 55.6 cm³/mol. The molecule has 0 aromatic carbocycles. The number of carboxylic acid groups (broad SMARTS) is 1. The summed E-state index contributed by atoms with van der Waals surface area (Å²) < 4.78 is 5.13. The molecular formula is C10H19NO4. The Hall–Kier alpha value is -1.10. The quantitative estimate of drug-likeness (QED) is 0.643. The maximum Gasteiger partial charge on any atom is 0.320 e. The molecule has 0 aliphatic heterocycles. The van der Waals surface area contributed by atoms with Crippen LogP contribution in [0.5, 0.6) is 0 Å². The average Bonchev–Trinajstić information content (AvgIpc) is 2.13. The van der Waals surface area contributed by atoms with Gasteiger partial charge >= 0.3 is 11.9 Å². The molecule has 0 saturated carbocycles. The second kappa shape index (κ2) is 5.70. The number of nitrogens with one attached hydrogen (secondary N) is 1. The monoisotopic (exact) mass is 217 g/mol. The number of rotatable bonds is 6. The average molecular weight is 217 g/mol. The molecule has 0 aromatic heterocycles. The Morgan fingerprint density at radius 1 is 1.47 bits per heavy atom. The van der Waals surface area contributed by atoms with Gasteiger partial charge in [-0.2, -0.15) is 0 Å². The first-order valence-corrected chi connectivity index (χ1v) is 4.94. The second-order valence-corrected chi connectivity index (χ2v) is 3.97. The van der Waals surface area contributed by atoms with Gasteiger partial charge in [-0.15, -0.1) is 0 Å². The third-order valence-electron chi connectivity index (χ3n) is 2.02. The zero-order valence-corrected chi connectivity index (χ0v) is 9.66. The minimum atomic E-state index is -0.946. The largest absolute Gasteiger partial charge is 0.480 e. The normalized spacial score (nSPS) is 13.3. The number of carbonyl (C=O) groups is 2. The minimum Gasteiger partial charge on any atom is -0.480 e. The van der Waals surface area contributed by atoms with Crippen LogP contribution < -0.4 is 5.32 Å². The summed E-state index contributed by atoms with van der Waals surface area (Å²) in [6, 6.07) is -0.704. The fourth-order valence-electron chi connectivity index (χ4n) is 1.23. The summed E-state index contributed by atoms with van der Waals surface area (Å²) >= 11 is 0. The number of likely N-dealkylation sites (N-methyl/N-ethyl adjacent to an activating group) is 1. The van der Waals surface area contributed by atoms with Crippen molar-refractivity contribution in [2.75, 3.05) is 7.05 Å². The molecule has 0 aliphatic carbocycles. The summed E-state index contributed by atoms with van der Waals surface area (Å²) in [5, 5.41) is 11.5. The number of hydrogen-bond donors (Lipinski definition) is 2. The first-order valence-electron chi connectivity index (χ1n) is 4.94. The van der Waals surface area contributed by atoms with E-state index in [1.807, 2.05) is 0 Å². The number of ether oxygens (including phenoxy) is 1. The molecule has 0 aliphatic rings. The van der Waals surface area contributed by atoms with Gasteiger partial charge in [0.2, 0.25) is 0 Å². The van der Waals surface area contributed by atoms with Crippen LogP contribution in [0.25, 0.3) is 0 Å². The Kier molecular flexibility index (Phi) is 5.28. The lowest BCUT2D eigenvalue weighted by molar-refractivity contribution is -0.159. The van der Waals surface area contributed by atoms with Crippen molar-refractivity contribution in [2.24, 2.45) is 0 Å². The molecule has 0 heterocycles. The van der Waals surface area contributed by atoms with E-state index in [2.05, 4.69) is 5.32 Å². The first-order chi connectivity index (χ1) is 6.82. The van der Waals surface area contributed by atoms with Crippen molar-refractivity contribution in [2.45, 2.75) is 45.3 Å². The third-order valence-corrected chi connectivity index (χ3v) is 2.02. The van der Waals surface area contributed by atoms with E-state index in [9.17, 15) is 9.59 Å². The maximum absolute atomic E-state index is 11.1. The van der Waals surface area contributed by atoms with Gasteiger partial charge in [0.1, 0.15) is 11.6 Å². The summed E-state index contributed by atoms with van der Waals surface area (Å²) in [6.45, 7) is 5.10. The van der Waals surface area contributed by atoms with E-state index in [-0.39, 0.29) is 12.4 Å². The Labute approximate surface area is 89.8 Å². The lowest BCUT2D eigenvalue weighted by atomic mass is 9.99. The summed E-state index contributed by atoms with van der Waals surface area (Å²) in [5.41, 5.74) is -0.765. The predicted octanol–water partition coefficient (Wildman–Crippen LogP) is 0.781. The zero-order valence-electron chi connectivity index (χ0n) is 9.66. The molecule has 1 atom stereocenters. The Balaban J connectivity index is 4.34. The Bertz CT molecular complexity index is 238. The molecule has 0 bridgehead atoms. The van der Waals surface area contributed by atoms with E-state index in [1.54, 1.807) is 27.8 Å². The number of hydrogen-bond acceptors (Lipinski definition) is 4. The van der Waals surface area contributed by atoms with Crippen LogP contribution >= 0.6 is 0 Å². The second-order valence-electron chi connectivity index (χ2n) is 3.97. The summed E-state index contributed by atoms with van der Waals surface area (Å²) in [7, 11) is 1.57. The molecule has 0 fully saturated rings. The van der Waals surface area contributed by atoms with Crippen LogP contribution in [0.1, 0.15) is 33.6 Å². The van der Waals surface area contributed by atoms with Crippen LogP contribution in [0.2, 0.25) is 0 Å². The molecule has 0 amide bonds. The number of carbonyl (C=O) groups excluding carboxylic acids is 1.